The molecule has 0 saturated heterocycles. The summed E-state index contributed by atoms with van der Waals surface area (Å²) in [4.78, 5) is 15.9. The third kappa shape index (κ3) is 5.41. The summed E-state index contributed by atoms with van der Waals surface area (Å²) in [5.41, 5.74) is 8.58. The Labute approximate surface area is 370 Å². The number of benzene rings is 9. The van der Waals surface area contributed by atoms with Crippen molar-refractivity contribution in [2.45, 2.75) is 0 Å². The van der Waals surface area contributed by atoms with E-state index in [0.29, 0.717) is 45.2 Å². The molecule has 0 aliphatic rings. The molecule has 0 radical (unpaired) electrons. The van der Waals surface area contributed by atoms with Gasteiger partial charge in [-0.05, 0) is 48.5 Å². The predicted octanol–water partition coefficient (Wildman–Crippen LogP) is 14.6. The third-order valence-corrected chi connectivity index (χ3v) is 11.9. The fourth-order valence-corrected chi connectivity index (χ4v) is 9.27. The maximum Gasteiger partial charge on any atom is 0.166 e. The topological polar surface area (TPSA) is 61.7 Å². The van der Waals surface area contributed by atoms with Gasteiger partial charge < -0.3 is 13.6 Å². The van der Waals surface area contributed by atoms with Crippen LogP contribution in [0.25, 0.3) is 122 Å². The van der Waals surface area contributed by atoms with Crippen molar-refractivity contribution in [3.63, 3.8) is 0 Å². The second kappa shape index (κ2) is 14.0. The van der Waals surface area contributed by atoms with E-state index in [1.54, 1.807) is 4.57 Å². The first-order valence-corrected chi connectivity index (χ1v) is 20.7. The highest BCUT2D eigenvalue weighted by molar-refractivity contribution is 6.16. The molecular formula is C57H35N5O. The molecule has 294 valence electrons. The highest BCUT2D eigenvalue weighted by Crippen LogP contribution is 2.45. The number of para-hydroxylation sites is 7. The smallest absolute Gasteiger partial charge is 0.166 e. The number of nitrogens with zero attached hydrogens (tertiary/aromatic N) is 5. The molecule has 4 heterocycles. The van der Waals surface area contributed by atoms with E-state index in [9.17, 15) is 5.48 Å². The summed E-state index contributed by atoms with van der Waals surface area (Å²) in [5, 5.41) is 4.09. The lowest BCUT2D eigenvalue weighted by atomic mass is 9.97. The zero-order valence-electron chi connectivity index (χ0n) is 39.4. The molecule has 9 aromatic carbocycles. The molecule has 0 atom stereocenters. The van der Waals surface area contributed by atoms with E-state index in [0.717, 1.165) is 49.4 Å². The summed E-state index contributed by atoms with van der Waals surface area (Å²) in [7, 11) is 0. The van der Waals surface area contributed by atoms with Crippen LogP contribution in [0.3, 0.4) is 0 Å². The minimum Gasteiger partial charge on any atom is -0.455 e. The van der Waals surface area contributed by atoms with Gasteiger partial charge in [-0.25, -0.2) is 15.0 Å². The Bertz CT molecular complexity index is 4210. The predicted molar refractivity (Wildman–Crippen MR) is 258 cm³/mol. The van der Waals surface area contributed by atoms with Crippen molar-refractivity contribution < 1.29 is 12.6 Å². The molecule has 0 saturated carbocycles. The van der Waals surface area contributed by atoms with Gasteiger partial charge in [0.2, 0.25) is 0 Å². The maximum absolute atomic E-state index is 9.52. The molecule has 0 aliphatic carbocycles. The number of furan rings is 1. The van der Waals surface area contributed by atoms with Crippen LogP contribution in [-0.4, -0.2) is 24.1 Å². The zero-order valence-corrected chi connectivity index (χ0v) is 33.4. The maximum atomic E-state index is 9.52. The standard InChI is InChI=1S/C57H35N5O/c1-3-18-36(19-4-1)55-58-56(45-29-17-34-50-52(45)44-25-9-13-33-49(44)61(50)37-20-5-2-6-21-37)60-57(59-55)46-30-15-26-41(43-28-16-27-42-40-24-10-14-35-51(40)63-54(42)43)53(46)62-47-31-11-7-22-38(47)39-23-8-12-32-48(39)62/h1-35H/i7D,8D,22D,23D,31D,32D. The van der Waals surface area contributed by atoms with Crippen LogP contribution >= 0.6 is 0 Å². The number of rotatable bonds is 6. The molecule has 13 aromatic rings. The van der Waals surface area contributed by atoms with Crippen molar-refractivity contribution in [2.24, 2.45) is 0 Å². The molecule has 4 aromatic heterocycles. The summed E-state index contributed by atoms with van der Waals surface area (Å²) < 4.78 is 65.8. The van der Waals surface area contributed by atoms with E-state index in [-0.39, 0.29) is 63.9 Å². The number of hydrogen-bond acceptors (Lipinski definition) is 4. The van der Waals surface area contributed by atoms with Crippen molar-refractivity contribution in [3.05, 3.63) is 212 Å². The molecule has 0 fully saturated rings. The van der Waals surface area contributed by atoms with Crippen LogP contribution in [0.4, 0.5) is 0 Å². The molecule has 0 spiro atoms. The van der Waals surface area contributed by atoms with Gasteiger partial charge in [0.05, 0.1) is 36.0 Å². The average Bonchev–Trinajstić information content (AvgIpc) is 4.07. The van der Waals surface area contributed by atoms with Gasteiger partial charge in [-0.15, -0.1) is 0 Å². The highest BCUT2D eigenvalue weighted by Gasteiger charge is 2.25. The van der Waals surface area contributed by atoms with Gasteiger partial charge in [-0.3, -0.25) is 0 Å². The molecule has 63 heavy (non-hydrogen) atoms. The lowest BCUT2D eigenvalue weighted by molar-refractivity contribution is 0.670. The molecule has 0 bridgehead atoms. The molecule has 13 rings (SSSR count). The third-order valence-electron chi connectivity index (χ3n) is 11.9. The fourth-order valence-electron chi connectivity index (χ4n) is 9.27. The van der Waals surface area contributed by atoms with Crippen molar-refractivity contribution in [1.29, 1.82) is 0 Å². The molecule has 6 heteroatoms. The monoisotopic (exact) mass is 811 g/mol. The summed E-state index contributed by atoms with van der Waals surface area (Å²) >= 11 is 0. The van der Waals surface area contributed by atoms with Crippen molar-refractivity contribution in [2.75, 3.05) is 0 Å². The minimum absolute atomic E-state index is 0.0852. The summed E-state index contributed by atoms with van der Waals surface area (Å²) in [6.45, 7) is 0. The highest BCUT2D eigenvalue weighted by atomic mass is 16.3. The van der Waals surface area contributed by atoms with Gasteiger partial charge in [-0.1, -0.05) is 164 Å². The van der Waals surface area contributed by atoms with Crippen molar-refractivity contribution >= 4 is 65.6 Å². The first-order valence-electron chi connectivity index (χ1n) is 23.7. The Morgan fingerprint density at radius 2 is 0.952 bits per heavy atom. The zero-order chi connectivity index (χ0) is 46.7. The summed E-state index contributed by atoms with van der Waals surface area (Å²) in [6, 6.07) is 55.7. The second-order valence-corrected chi connectivity index (χ2v) is 15.4. The largest absolute Gasteiger partial charge is 0.455 e. The Morgan fingerprint density at radius 1 is 0.381 bits per heavy atom. The summed E-state index contributed by atoms with van der Waals surface area (Å²) in [6.07, 6.45) is 0. The van der Waals surface area contributed by atoms with Crippen LogP contribution in [0.2, 0.25) is 0 Å². The van der Waals surface area contributed by atoms with E-state index >= 15 is 0 Å². The molecule has 0 aliphatic heterocycles. The normalized spacial score (nSPS) is 13.1. The van der Waals surface area contributed by atoms with Gasteiger partial charge in [0.25, 0.3) is 0 Å². The average molecular weight is 812 g/mol. The SMILES string of the molecule is [2H]c1cc([2H])c2c(c1[2H])c1c([2H])c([2H])cc([2H])c1n2-c1c(-c2nc(-c3ccccc3)nc(-c3cccc4c3c3ccccc3n4-c3ccccc3)n2)cccc1-c1cccc2c1oc1ccccc12. The Morgan fingerprint density at radius 3 is 1.75 bits per heavy atom. The van der Waals surface area contributed by atoms with E-state index in [1.807, 2.05) is 133 Å². The van der Waals surface area contributed by atoms with Crippen LogP contribution in [0.15, 0.2) is 217 Å². The Balaban J connectivity index is 1.19. The van der Waals surface area contributed by atoms with Gasteiger partial charge in [0.15, 0.2) is 17.5 Å². The van der Waals surface area contributed by atoms with Gasteiger partial charge in [0.1, 0.15) is 11.2 Å². The van der Waals surface area contributed by atoms with Gasteiger partial charge in [-0.2, -0.15) is 0 Å². The van der Waals surface area contributed by atoms with Crippen LogP contribution in [-0.2, 0) is 0 Å². The number of fused-ring (bicyclic) bond motifs is 9. The van der Waals surface area contributed by atoms with Crippen molar-refractivity contribution in [1.82, 2.24) is 24.1 Å². The van der Waals surface area contributed by atoms with Crippen LogP contribution in [0.5, 0.6) is 0 Å². The van der Waals surface area contributed by atoms with E-state index in [1.165, 1.54) is 12.1 Å². The Kier molecular flexibility index (Phi) is 6.56. The number of aromatic nitrogens is 5. The van der Waals surface area contributed by atoms with Gasteiger partial charge >= 0.3 is 0 Å². The lowest BCUT2D eigenvalue weighted by Gasteiger charge is -2.19. The molecule has 0 unspecified atom stereocenters. The van der Waals surface area contributed by atoms with Crippen LogP contribution in [0, 0.1) is 0 Å². The lowest BCUT2D eigenvalue weighted by Crippen LogP contribution is -2.05. The molecular weight excluding hydrogens is 771 g/mol. The number of hydrogen-bond donors (Lipinski definition) is 0. The molecule has 6 nitrogen and oxygen atoms in total. The van der Waals surface area contributed by atoms with Gasteiger partial charge in [0, 0.05) is 65.8 Å². The van der Waals surface area contributed by atoms with Crippen molar-refractivity contribution in [3.8, 4) is 56.7 Å². The second-order valence-electron chi connectivity index (χ2n) is 15.4. The van der Waals surface area contributed by atoms with E-state index in [4.69, 9.17) is 22.1 Å². The first-order chi connectivity index (χ1) is 33.7. The first kappa shape index (κ1) is 29.6. The van der Waals surface area contributed by atoms with Crippen LogP contribution < -0.4 is 0 Å². The Hall–Kier alpha value is -8.61. The van der Waals surface area contributed by atoms with E-state index < -0.39 is 0 Å². The quantitative estimate of drug-likeness (QED) is 0.168. The molecule has 0 N–H and O–H groups in total. The minimum atomic E-state index is -0.210. The van der Waals surface area contributed by atoms with Crippen LogP contribution in [0.1, 0.15) is 8.22 Å². The van der Waals surface area contributed by atoms with E-state index in [2.05, 4.69) is 34.9 Å². The summed E-state index contributed by atoms with van der Waals surface area (Å²) in [5.74, 6) is 1.12. The molecule has 0 amide bonds. The fraction of sp³-hybridized carbons (Fsp3) is 0.